The molecule has 0 saturated carbocycles. The molecule has 2 fully saturated rings. The Kier molecular flexibility index (Phi) is 4.44. The molecule has 2 aliphatic heterocycles. The van der Waals surface area contributed by atoms with E-state index in [1.807, 2.05) is 7.05 Å². The standard InChI is InChI=1S/C16H27N3O/c1-13-9-15(20-16(13)10-17-2)12-18-8-5-14(11-18)19-6-3-4-7-19/h9,14,17H,3-8,10-12H2,1-2H3. The topological polar surface area (TPSA) is 31.7 Å². The van der Waals surface area contributed by atoms with Crippen molar-refractivity contribution in [2.75, 3.05) is 33.2 Å². The average molecular weight is 277 g/mol. The van der Waals surface area contributed by atoms with Crippen LogP contribution >= 0.6 is 0 Å². The largest absolute Gasteiger partial charge is 0.463 e. The molecule has 4 heteroatoms. The summed E-state index contributed by atoms with van der Waals surface area (Å²) in [6.07, 6.45) is 4.10. The maximum atomic E-state index is 5.96. The van der Waals surface area contributed by atoms with E-state index in [4.69, 9.17) is 4.42 Å². The van der Waals surface area contributed by atoms with E-state index in [0.29, 0.717) is 0 Å². The van der Waals surface area contributed by atoms with Gasteiger partial charge in [-0.25, -0.2) is 0 Å². The van der Waals surface area contributed by atoms with Gasteiger partial charge in [0.2, 0.25) is 0 Å². The van der Waals surface area contributed by atoms with Crippen molar-refractivity contribution in [1.29, 1.82) is 0 Å². The number of furan rings is 1. The summed E-state index contributed by atoms with van der Waals surface area (Å²) in [5.74, 6) is 2.20. The lowest BCUT2D eigenvalue weighted by molar-refractivity contribution is 0.222. The summed E-state index contributed by atoms with van der Waals surface area (Å²) in [5.41, 5.74) is 1.27. The fourth-order valence-electron chi connectivity index (χ4n) is 3.59. The molecule has 3 rings (SSSR count). The molecule has 3 heterocycles. The highest BCUT2D eigenvalue weighted by Gasteiger charge is 2.29. The molecule has 0 spiro atoms. The molecule has 1 unspecified atom stereocenters. The monoisotopic (exact) mass is 277 g/mol. The Balaban J connectivity index is 1.54. The second kappa shape index (κ2) is 6.29. The number of hydrogen-bond acceptors (Lipinski definition) is 4. The second-order valence-corrected chi connectivity index (χ2v) is 6.27. The van der Waals surface area contributed by atoms with Crippen LogP contribution in [0.4, 0.5) is 0 Å². The molecule has 112 valence electrons. The van der Waals surface area contributed by atoms with Crippen LogP contribution in [-0.4, -0.2) is 49.1 Å². The number of likely N-dealkylation sites (tertiary alicyclic amines) is 2. The van der Waals surface area contributed by atoms with Gasteiger partial charge in [0.25, 0.3) is 0 Å². The summed E-state index contributed by atoms with van der Waals surface area (Å²) in [6.45, 7) is 8.96. The minimum atomic E-state index is 0.783. The molecule has 1 aromatic heterocycles. The van der Waals surface area contributed by atoms with Gasteiger partial charge in [-0.1, -0.05) is 0 Å². The molecule has 20 heavy (non-hydrogen) atoms. The first-order chi connectivity index (χ1) is 9.76. The third-order valence-electron chi connectivity index (χ3n) is 4.69. The molecule has 2 saturated heterocycles. The van der Waals surface area contributed by atoms with E-state index in [9.17, 15) is 0 Å². The minimum absolute atomic E-state index is 0.783. The molecule has 0 amide bonds. The molecule has 2 aliphatic rings. The van der Waals surface area contributed by atoms with Gasteiger partial charge in [0.15, 0.2) is 0 Å². The van der Waals surface area contributed by atoms with E-state index < -0.39 is 0 Å². The Morgan fingerprint density at radius 1 is 1.30 bits per heavy atom. The second-order valence-electron chi connectivity index (χ2n) is 6.27. The smallest absolute Gasteiger partial charge is 0.120 e. The maximum absolute atomic E-state index is 5.96. The van der Waals surface area contributed by atoms with Crippen molar-refractivity contribution in [3.63, 3.8) is 0 Å². The number of rotatable bonds is 5. The quantitative estimate of drug-likeness (QED) is 0.892. The normalized spacial score (nSPS) is 24.8. The van der Waals surface area contributed by atoms with E-state index >= 15 is 0 Å². The number of nitrogens with zero attached hydrogens (tertiary/aromatic N) is 2. The lowest BCUT2D eigenvalue weighted by atomic mass is 10.2. The predicted molar refractivity (Wildman–Crippen MR) is 80.7 cm³/mol. The maximum Gasteiger partial charge on any atom is 0.120 e. The predicted octanol–water partition coefficient (Wildman–Crippen LogP) is 1.98. The molecule has 0 bridgehead atoms. The van der Waals surface area contributed by atoms with Gasteiger partial charge in [0.05, 0.1) is 13.1 Å². The van der Waals surface area contributed by atoms with Crippen LogP contribution < -0.4 is 5.32 Å². The van der Waals surface area contributed by atoms with Gasteiger partial charge in [0, 0.05) is 19.1 Å². The zero-order valence-electron chi connectivity index (χ0n) is 12.8. The van der Waals surface area contributed by atoms with Crippen molar-refractivity contribution in [2.45, 2.75) is 45.3 Å². The van der Waals surface area contributed by atoms with Crippen molar-refractivity contribution in [3.8, 4) is 0 Å². The number of hydrogen-bond donors (Lipinski definition) is 1. The van der Waals surface area contributed by atoms with Crippen LogP contribution in [0.1, 0.15) is 36.3 Å². The molecule has 0 aliphatic carbocycles. The van der Waals surface area contributed by atoms with Gasteiger partial charge in [-0.05, 0) is 58.0 Å². The van der Waals surface area contributed by atoms with Crippen molar-refractivity contribution < 1.29 is 4.42 Å². The molecule has 4 nitrogen and oxygen atoms in total. The fourth-order valence-corrected chi connectivity index (χ4v) is 3.59. The average Bonchev–Trinajstić information content (AvgIpc) is 3.12. The van der Waals surface area contributed by atoms with Gasteiger partial charge in [-0.15, -0.1) is 0 Å². The van der Waals surface area contributed by atoms with Crippen LogP contribution in [0.5, 0.6) is 0 Å². The summed E-state index contributed by atoms with van der Waals surface area (Å²) in [4.78, 5) is 5.23. The van der Waals surface area contributed by atoms with Crippen LogP contribution in [0.3, 0.4) is 0 Å². The first-order valence-electron chi connectivity index (χ1n) is 7.95. The Bertz CT molecular complexity index is 437. The van der Waals surface area contributed by atoms with E-state index in [2.05, 4.69) is 28.1 Å². The van der Waals surface area contributed by atoms with E-state index in [1.165, 1.54) is 51.0 Å². The zero-order valence-corrected chi connectivity index (χ0v) is 12.8. The van der Waals surface area contributed by atoms with Crippen LogP contribution in [0.25, 0.3) is 0 Å². The summed E-state index contributed by atoms with van der Waals surface area (Å²) in [6, 6.07) is 2.99. The Morgan fingerprint density at radius 2 is 2.10 bits per heavy atom. The zero-order chi connectivity index (χ0) is 13.9. The third-order valence-corrected chi connectivity index (χ3v) is 4.69. The Hall–Kier alpha value is -0.840. The molecule has 0 aromatic carbocycles. The van der Waals surface area contributed by atoms with Crippen LogP contribution in [0.15, 0.2) is 10.5 Å². The first kappa shape index (κ1) is 14.1. The summed E-state index contributed by atoms with van der Waals surface area (Å²) >= 11 is 0. The molecule has 0 radical (unpaired) electrons. The highest BCUT2D eigenvalue weighted by molar-refractivity contribution is 5.20. The van der Waals surface area contributed by atoms with Crippen molar-refractivity contribution in [3.05, 3.63) is 23.2 Å². The summed E-state index contributed by atoms with van der Waals surface area (Å²) in [7, 11) is 1.96. The van der Waals surface area contributed by atoms with E-state index in [-0.39, 0.29) is 0 Å². The summed E-state index contributed by atoms with van der Waals surface area (Å²) < 4.78 is 5.96. The molecule has 1 atom stereocenters. The molecular formula is C16H27N3O. The van der Waals surface area contributed by atoms with E-state index in [0.717, 1.165) is 30.7 Å². The SMILES string of the molecule is CNCc1oc(CN2CCC(N3CCCC3)C2)cc1C. The Morgan fingerprint density at radius 3 is 2.85 bits per heavy atom. The van der Waals surface area contributed by atoms with Crippen molar-refractivity contribution in [2.24, 2.45) is 0 Å². The number of nitrogens with one attached hydrogen (secondary N) is 1. The van der Waals surface area contributed by atoms with Crippen molar-refractivity contribution in [1.82, 2.24) is 15.1 Å². The van der Waals surface area contributed by atoms with Crippen LogP contribution in [0, 0.1) is 6.92 Å². The molecule has 1 aromatic rings. The first-order valence-corrected chi connectivity index (χ1v) is 7.95. The van der Waals surface area contributed by atoms with Gasteiger partial charge in [0.1, 0.15) is 11.5 Å². The minimum Gasteiger partial charge on any atom is -0.463 e. The molecular weight excluding hydrogens is 250 g/mol. The lowest BCUT2D eigenvalue weighted by Gasteiger charge is -2.23. The van der Waals surface area contributed by atoms with Gasteiger partial charge in [-0.2, -0.15) is 0 Å². The fraction of sp³-hybridized carbons (Fsp3) is 0.750. The lowest BCUT2D eigenvalue weighted by Crippen LogP contribution is -2.35. The number of aryl methyl sites for hydroxylation is 1. The van der Waals surface area contributed by atoms with Gasteiger partial charge in [-0.3, -0.25) is 9.80 Å². The summed E-state index contributed by atoms with van der Waals surface area (Å²) in [5, 5.41) is 3.16. The van der Waals surface area contributed by atoms with Gasteiger partial charge >= 0.3 is 0 Å². The third kappa shape index (κ3) is 3.08. The molecule has 1 N–H and O–H groups in total. The van der Waals surface area contributed by atoms with E-state index in [1.54, 1.807) is 0 Å². The highest BCUT2D eigenvalue weighted by atomic mass is 16.3. The van der Waals surface area contributed by atoms with Crippen LogP contribution in [-0.2, 0) is 13.1 Å². The van der Waals surface area contributed by atoms with Crippen LogP contribution in [0.2, 0.25) is 0 Å². The van der Waals surface area contributed by atoms with Crippen molar-refractivity contribution >= 4 is 0 Å². The highest BCUT2D eigenvalue weighted by Crippen LogP contribution is 2.23. The van der Waals surface area contributed by atoms with Gasteiger partial charge < -0.3 is 9.73 Å². The Labute approximate surface area is 122 Å².